The lowest BCUT2D eigenvalue weighted by molar-refractivity contribution is 0.146. The van der Waals surface area contributed by atoms with Crippen molar-refractivity contribution in [3.8, 4) is 0 Å². The maximum absolute atomic E-state index is 10.6. The standard InChI is InChI=1S/C6H14N2O2.C5H12N2O2/c1-5(2)8-6(9)10-4-3-7;1-2-7-5(8)9-4-3-6/h5H,3-4,7H2,1-2H3,(H,8,9);2-4,6H2,1H3,(H,7,8). The predicted octanol–water partition coefficient (Wildman–Crippen LogP) is -0.229. The summed E-state index contributed by atoms with van der Waals surface area (Å²) >= 11 is 0. The molecule has 0 aliphatic heterocycles. The molecule has 6 N–H and O–H groups in total. The molecule has 0 spiro atoms. The average molecular weight is 278 g/mol. The van der Waals surface area contributed by atoms with Crippen molar-refractivity contribution in [1.82, 2.24) is 10.6 Å². The van der Waals surface area contributed by atoms with Gasteiger partial charge in [0.05, 0.1) is 0 Å². The summed E-state index contributed by atoms with van der Waals surface area (Å²) in [7, 11) is 0. The van der Waals surface area contributed by atoms with Gasteiger partial charge in [-0.1, -0.05) is 0 Å². The van der Waals surface area contributed by atoms with E-state index in [1.165, 1.54) is 0 Å². The Morgan fingerprint density at radius 2 is 1.53 bits per heavy atom. The molecule has 0 aromatic carbocycles. The van der Waals surface area contributed by atoms with Crippen LogP contribution in [0.4, 0.5) is 9.59 Å². The van der Waals surface area contributed by atoms with E-state index in [9.17, 15) is 9.59 Å². The summed E-state index contributed by atoms with van der Waals surface area (Å²) in [5, 5.41) is 5.02. The summed E-state index contributed by atoms with van der Waals surface area (Å²) in [5.74, 6) is 0. The number of alkyl carbamates (subject to hydrolysis) is 2. The molecule has 0 aromatic heterocycles. The maximum atomic E-state index is 10.6. The van der Waals surface area contributed by atoms with E-state index in [1.54, 1.807) is 0 Å². The Morgan fingerprint density at radius 3 is 1.89 bits per heavy atom. The Morgan fingerprint density at radius 1 is 1.05 bits per heavy atom. The first-order valence-electron chi connectivity index (χ1n) is 6.21. The van der Waals surface area contributed by atoms with Gasteiger partial charge in [0.1, 0.15) is 13.2 Å². The maximum Gasteiger partial charge on any atom is 0.407 e. The summed E-state index contributed by atoms with van der Waals surface area (Å²) in [6.45, 7) is 7.44. The van der Waals surface area contributed by atoms with Crippen molar-refractivity contribution in [1.29, 1.82) is 0 Å². The smallest absolute Gasteiger partial charge is 0.407 e. The quantitative estimate of drug-likeness (QED) is 0.531. The fourth-order valence-corrected chi connectivity index (χ4v) is 0.776. The third-order valence-corrected chi connectivity index (χ3v) is 1.43. The lowest BCUT2D eigenvalue weighted by Gasteiger charge is -2.07. The normalized spacial score (nSPS) is 9.16. The minimum absolute atomic E-state index is 0.116. The molecule has 0 aromatic rings. The van der Waals surface area contributed by atoms with Crippen LogP contribution in [0.2, 0.25) is 0 Å². The first-order chi connectivity index (χ1) is 8.97. The molecule has 0 radical (unpaired) electrons. The summed E-state index contributed by atoms with van der Waals surface area (Å²) < 4.78 is 9.18. The summed E-state index contributed by atoms with van der Waals surface area (Å²) in [4.78, 5) is 21.0. The molecule has 0 saturated carbocycles. The molecule has 0 rings (SSSR count). The van der Waals surface area contributed by atoms with Gasteiger partial charge in [0, 0.05) is 25.7 Å². The fraction of sp³-hybridized carbons (Fsp3) is 0.818. The Labute approximate surface area is 114 Å². The number of rotatable bonds is 6. The highest BCUT2D eigenvalue weighted by Crippen LogP contribution is 1.80. The van der Waals surface area contributed by atoms with Gasteiger partial charge in [-0.3, -0.25) is 0 Å². The van der Waals surface area contributed by atoms with Crippen molar-refractivity contribution in [3.05, 3.63) is 0 Å². The Bertz CT molecular complexity index is 237. The number of ether oxygens (including phenoxy) is 2. The van der Waals surface area contributed by atoms with E-state index in [1.807, 2.05) is 20.8 Å². The van der Waals surface area contributed by atoms with E-state index < -0.39 is 12.2 Å². The molecule has 0 heterocycles. The van der Waals surface area contributed by atoms with Crippen LogP contribution < -0.4 is 22.1 Å². The van der Waals surface area contributed by atoms with E-state index in [0.717, 1.165) is 0 Å². The first kappa shape index (κ1) is 19.8. The largest absolute Gasteiger partial charge is 0.448 e. The molecule has 114 valence electrons. The zero-order chi connectivity index (χ0) is 15.1. The van der Waals surface area contributed by atoms with Gasteiger partial charge in [0.25, 0.3) is 0 Å². The third-order valence-electron chi connectivity index (χ3n) is 1.43. The van der Waals surface area contributed by atoms with E-state index in [0.29, 0.717) is 19.6 Å². The van der Waals surface area contributed by atoms with Crippen molar-refractivity contribution in [2.45, 2.75) is 26.8 Å². The van der Waals surface area contributed by atoms with E-state index in [4.69, 9.17) is 11.5 Å². The number of carbonyl (C=O) groups excluding carboxylic acids is 2. The molecule has 0 saturated heterocycles. The second kappa shape index (κ2) is 14.5. The average Bonchev–Trinajstić information content (AvgIpc) is 2.34. The van der Waals surface area contributed by atoms with Gasteiger partial charge in [-0.25, -0.2) is 9.59 Å². The second-order valence-corrected chi connectivity index (χ2v) is 3.68. The molecular formula is C11H26N4O4. The molecule has 8 heteroatoms. The first-order valence-corrected chi connectivity index (χ1v) is 6.21. The zero-order valence-electron chi connectivity index (χ0n) is 11.9. The summed E-state index contributed by atoms with van der Waals surface area (Å²) in [6.07, 6.45) is -0.802. The molecule has 0 atom stereocenters. The van der Waals surface area contributed by atoms with Crippen LogP contribution >= 0.6 is 0 Å². The van der Waals surface area contributed by atoms with Crippen LogP contribution in [-0.2, 0) is 9.47 Å². The second-order valence-electron chi connectivity index (χ2n) is 3.68. The van der Waals surface area contributed by atoms with Gasteiger partial charge in [-0.15, -0.1) is 0 Å². The highest BCUT2D eigenvalue weighted by atomic mass is 16.6. The van der Waals surface area contributed by atoms with Gasteiger partial charge in [0.2, 0.25) is 0 Å². The lowest BCUT2D eigenvalue weighted by Crippen LogP contribution is -2.31. The van der Waals surface area contributed by atoms with Crippen LogP contribution in [0.15, 0.2) is 0 Å². The fourth-order valence-electron chi connectivity index (χ4n) is 0.776. The molecule has 0 aliphatic carbocycles. The molecule has 0 fully saturated rings. The Kier molecular flexibility index (Phi) is 15.1. The molecule has 2 amide bonds. The van der Waals surface area contributed by atoms with Gasteiger partial charge in [-0.2, -0.15) is 0 Å². The minimum atomic E-state index is -0.402. The number of nitrogens with one attached hydrogen (secondary N) is 2. The molecule has 0 aliphatic rings. The molecule has 8 nitrogen and oxygen atoms in total. The predicted molar refractivity (Wildman–Crippen MR) is 72.8 cm³/mol. The Hall–Kier alpha value is -1.54. The van der Waals surface area contributed by atoms with E-state index in [-0.39, 0.29) is 19.3 Å². The monoisotopic (exact) mass is 278 g/mol. The topological polar surface area (TPSA) is 129 Å². The van der Waals surface area contributed by atoms with Gasteiger partial charge >= 0.3 is 12.2 Å². The number of hydrogen-bond acceptors (Lipinski definition) is 6. The van der Waals surface area contributed by atoms with Gasteiger partial charge in [0.15, 0.2) is 0 Å². The summed E-state index contributed by atoms with van der Waals surface area (Å²) in [5.41, 5.74) is 10.2. The van der Waals surface area contributed by atoms with Crippen LogP contribution in [0.5, 0.6) is 0 Å². The minimum Gasteiger partial charge on any atom is -0.448 e. The molecule has 0 unspecified atom stereocenters. The summed E-state index contributed by atoms with van der Waals surface area (Å²) in [6, 6.07) is 0.116. The highest BCUT2D eigenvalue weighted by Gasteiger charge is 2.01. The highest BCUT2D eigenvalue weighted by molar-refractivity contribution is 5.67. The van der Waals surface area contributed by atoms with Crippen molar-refractivity contribution in [3.63, 3.8) is 0 Å². The lowest BCUT2D eigenvalue weighted by atomic mass is 10.4. The van der Waals surface area contributed by atoms with Crippen molar-refractivity contribution >= 4 is 12.2 Å². The Balaban J connectivity index is 0. The number of nitrogens with two attached hydrogens (primary N) is 2. The number of carbonyl (C=O) groups is 2. The van der Waals surface area contributed by atoms with Crippen molar-refractivity contribution in [2.75, 3.05) is 32.8 Å². The third kappa shape index (κ3) is 19.0. The molecule has 19 heavy (non-hydrogen) atoms. The van der Waals surface area contributed by atoms with Crippen LogP contribution in [-0.4, -0.2) is 51.1 Å². The van der Waals surface area contributed by atoms with Crippen LogP contribution in [0.1, 0.15) is 20.8 Å². The van der Waals surface area contributed by atoms with Crippen LogP contribution in [0, 0.1) is 0 Å². The van der Waals surface area contributed by atoms with E-state index >= 15 is 0 Å². The molecule has 0 bridgehead atoms. The van der Waals surface area contributed by atoms with Crippen LogP contribution in [0.3, 0.4) is 0 Å². The zero-order valence-corrected chi connectivity index (χ0v) is 11.9. The van der Waals surface area contributed by atoms with Crippen molar-refractivity contribution < 1.29 is 19.1 Å². The number of amides is 2. The SMILES string of the molecule is CC(C)NC(=O)OCCN.CCNC(=O)OCCN. The van der Waals surface area contributed by atoms with Crippen molar-refractivity contribution in [2.24, 2.45) is 11.5 Å². The van der Waals surface area contributed by atoms with Gasteiger partial charge in [-0.05, 0) is 20.8 Å². The molecular weight excluding hydrogens is 252 g/mol. The van der Waals surface area contributed by atoms with E-state index in [2.05, 4.69) is 20.1 Å². The van der Waals surface area contributed by atoms with Crippen LogP contribution in [0.25, 0.3) is 0 Å². The number of hydrogen-bond donors (Lipinski definition) is 4. The van der Waals surface area contributed by atoms with Gasteiger partial charge < -0.3 is 31.6 Å².